The van der Waals surface area contributed by atoms with Crippen molar-refractivity contribution in [1.82, 2.24) is 9.88 Å². The van der Waals surface area contributed by atoms with Crippen molar-refractivity contribution in [2.75, 3.05) is 24.7 Å². The van der Waals surface area contributed by atoms with Crippen molar-refractivity contribution in [3.63, 3.8) is 0 Å². The molecular formula is C17H21N3O3S2. The first-order chi connectivity index (χ1) is 11.9. The third-order valence-corrected chi connectivity index (χ3v) is 6.06. The number of thiazole rings is 1. The fourth-order valence-corrected chi connectivity index (χ4v) is 4.13. The molecule has 25 heavy (non-hydrogen) atoms. The molecule has 1 N–H and O–H groups in total. The molecular weight excluding hydrogens is 358 g/mol. The van der Waals surface area contributed by atoms with Crippen molar-refractivity contribution in [3.05, 3.63) is 35.3 Å². The minimum Gasteiger partial charge on any atom is -0.342 e. The van der Waals surface area contributed by atoms with Gasteiger partial charge in [0, 0.05) is 30.4 Å². The van der Waals surface area contributed by atoms with Crippen LogP contribution in [0.15, 0.2) is 34.5 Å². The van der Waals surface area contributed by atoms with Crippen LogP contribution in [0, 0.1) is 0 Å². The molecule has 0 atom stereocenters. The molecule has 0 unspecified atom stereocenters. The van der Waals surface area contributed by atoms with Crippen LogP contribution in [-0.2, 0) is 21.1 Å². The van der Waals surface area contributed by atoms with Crippen LogP contribution in [0.1, 0.15) is 25.0 Å². The van der Waals surface area contributed by atoms with Crippen LogP contribution >= 0.6 is 11.3 Å². The summed E-state index contributed by atoms with van der Waals surface area (Å²) in [4.78, 5) is 18.9. The first kappa shape index (κ1) is 17.9. The highest BCUT2D eigenvalue weighted by molar-refractivity contribution is 7.90. The van der Waals surface area contributed by atoms with E-state index in [-0.39, 0.29) is 10.8 Å². The molecule has 8 heteroatoms. The van der Waals surface area contributed by atoms with Gasteiger partial charge in [-0.05, 0) is 43.5 Å². The lowest BCUT2D eigenvalue weighted by atomic mass is 10.1. The molecule has 2 heterocycles. The van der Waals surface area contributed by atoms with E-state index >= 15 is 0 Å². The Labute approximate surface area is 151 Å². The third kappa shape index (κ3) is 4.79. The van der Waals surface area contributed by atoms with E-state index in [0.29, 0.717) is 11.6 Å². The molecule has 1 amide bonds. The number of hydrogen-bond acceptors (Lipinski definition) is 6. The molecule has 1 saturated heterocycles. The smallest absolute Gasteiger partial charge is 0.228 e. The van der Waals surface area contributed by atoms with Gasteiger partial charge < -0.3 is 10.2 Å². The highest BCUT2D eigenvalue weighted by Crippen LogP contribution is 2.23. The number of anilines is 2. The molecule has 1 aliphatic heterocycles. The second-order valence-electron chi connectivity index (χ2n) is 6.18. The topological polar surface area (TPSA) is 79.4 Å². The van der Waals surface area contributed by atoms with E-state index in [2.05, 4.69) is 10.3 Å². The van der Waals surface area contributed by atoms with Crippen molar-refractivity contribution in [2.45, 2.75) is 30.6 Å². The zero-order valence-electron chi connectivity index (χ0n) is 14.1. The van der Waals surface area contributed by atoms with E-state index in [9.17, 15) is 13.2 Å². The van der Waals surface area contributed by atoms with E-state index in [0.717, 1.165) is 37.3 Å². The number of nitrogens with one attached hydrogen (secondary N) is 1. The third-order valence-electron chi connectivity index (χ3n) is 4.13. The van der Waals surface area contributed by atoms with Gasteiger partial charge in [0.25, 0.3) is 0 Å². The quantitative estimate of drug-likeness (QED) is 0.864. The number of hydrogen-bond donors (Lipinski definition) is 1. The van der Waals surface area contributed by atoms with E-state index in [1.807, 2.05) is 10.3 Å². The lowest BCUT2D eigenvalue weighted by Gasteiger charge is -2.26. The van der Waals surface area contributed by atoms with Gasteiger partial charge in [0.2, 0.25) is 5.91 Å². The summed E-state index contributed by atoms with van der Waals surface area (Å²) in [6.07, 6.45) is 4.87. The summed E-state index contributed by atoms with van der Waals surface area (Å²) in [5.41, 5.74) is 1.52. The lowest BCUT2D eigenvalue weighted by Crippen LogP contribution is -2.36. The van der Waals surface area contributed by atoms with Gasteiger partial charge in [-0.3, -0.25) is 4.79 Å². The predicted octanol–water partition coefficient (Wildman–Crippen LogP) is 2.85. The maximum atomic E-state index is 12.3. The van der Waals surface area contributed by atoms with Gasteiger partial charge in [0.05, 0.1) is 17.0 Å². The molecule has 0 bridgehead atoms. The highest BCUT2D eigenvalue weighted by Gasteiger charge is 2.18. The van der Waals surface area contributed by atoms with Gasteiger partial charge in [0.1, 0.15) is 0 Å². The maximum absolute atomic E-state index is 12.3. The van der Waals surface area contributed by atoms with E-state index in [1.54, 1.807) is 24.3 Å². The number of sulfone groups is 1. The fourth-order valence-electron chi connectivity index (χ4n) is 2.76. The normalized spacial score (nSPS) is 15.2. The van der Waals surface area contributed by atoms with Gasteiger partial charge >= 0.3 is 0 Å². The van der Waals surface area contributed by atoms with Crippen molar-refractivity contribution in [1.29, 1.82) is 0 Å². The predicted molar refractivity (Wildman–Crippen MR) is 99.1 cm³/mol. The van der Waals surface area contributed by atoms with Gasteiger partial charge in [-0.25, -0.2) is 13.4 Å². The number of nitrogens with zero attached hydrogens (tertiary/aromatic N) is 2. The summed E-state index contributed by atoms with van der Waals surface area (Å²) < 4.78 is 22.9. The summed E-state index contributed by atoms with van der Waals surface area (Å²) in [7, 11) is -3.20. The number of likely N-dealkylation sites (tertiary alicyclic amines) is 1. The summed E-state index contributed by atoms with van der Waals surface area (Å²) in [5.74, 6) is 0.133. The first-order valence-corrected chi connectivity index (χ1v) is 11.0. The van der Waals surface area contributed by atoms with Crippen LogP contribution in [0.5, 0.6) is 0 Å². The Morgan fingerprint density at radius 2 is 1.88 bits per heavy atom. The average molecular weight is 380 g/mol. The Kier molecular flexibility index (Phi) is 5.39. The number of carbonyl (C=O) groups is 1. The van der Waals surface area contributed by atoms with Gasteiger partial charge in [-0.15, -0.1) is 11.3 Å². The van der Waals surface area contributed by atoms with Crippen LogP contribution in [0.3, 0.4) is 0 Å². The molecule has 2 aromatic rings. The van der Waals surface area contributed by atoms with E-state index < -0.39 is 9.84 Å². The van der Waals surface area contributed by atoms with Gasteiger partial charge in [-0.1, -0.05) is 0 Å². The zero-order valence-corrected chi connectivity index (χ0v) is 15.7. The van der Waals surface area contributed by atoms with Crippen LogP contribution in [0.2, 0.25) is 0 Å². The van der Waals surface area contributed by atoms with Crippen LogP contribution in [-0.4, -0.2) is 43.6 Å². The highest BCUT2D eigenvalue weighted by atomic mass is 32.2. The van der Waals surface area contributed by atoms with Crippen LogP contribution in [0.25, 0.3) is 0 Å². The van der Waals surface area contributed by atoms with Crippen molar-refractivity contribution in [2.24, 2.45) is 0 Å². The number of rotatable bonds is 5. The fraction of sp³-hybridized carbons (Fsp3) is 0.412. The monoisotopic (exact) mass is 379 g/mol. The minimum absolute atomic E-state index is 0.133. The zero-order chi connectivity index (χ0) is 17.9. The van der Waals surface area contributed by atoms with E-state index in [1.165, 1.54) is 24.0 Å². The van der Waals surface area contributed by atoms with Gasteiger partial charge in [-0.2, -0.15) is 0 Å². The Morgan fingerprint density at radius 3 is 2.52 bits per heavy atom. The largest absolute Gasteiger partial charge is 0.342 e. The number of amides is 1. The average Bonchev–Trinajstić information content (AvgIpc) is 3.02. The SMILES string of the molecule is CS(=O)(=O)c1ccc(Nc2nc(CC(=O)N3CCCCC3)cs2)cc1. The number of piperidine rings is 1. The lowest BCUT2D eigenvalue weighted by molar-refractivity contribution is -0.131. The molecule has 134 valence electrons. The first-order valence-electron chi connectivity index (χ1n) is 8.21. The second-order valence-corrected chi connectivity index (χ2v) is 9.06. The minimum atomic E-state index is -3.20. The molecule has 3 rings (SSSR count). The summed E-state index contributed by atoms with van der Waals surface area (Å²) >= 11 is 1.43. The molecule has 6 nitrogen and oxygen atoms in total. The van der Waals surface area contributed by atoms with Crippen molar-refractivity contribution < 1.29 is 13.2 Å². The molecule has 1 fully saturated rings. The Morgan fingerprint density at radius 1 is 1.20 bits per heavy atom. The molecule has 1 aromatic carbocycles. The molecule has 0 aliphatic carbocycles. The summed E-state index contributed by atoms with van der Waals surface area (Å²) in [6.45, 7) is 1.70. The van der Waals surface area contributed by atoms with Crippen LogP contribution < -0.4 is 5.32 Å². The standard InChI is InChI=1S/C17H21N3O3S2/c1-25(22,23)15-7-5-13(6-8-15)18-17-19-14(12-24-17)11-16(21)20-9-3-2-4-10-20/h5-8,12H,2-4,9-11H2,1H3,(H,18,19). The Balaban J connectivity index is 1.60. The second kappa shape index (κ2) is 7.53. The molecule has 1 aliphatic rings. The number of benzene rings is 1. The Bertz CT molecular complexity index is 838. The maximum Gasteiger partial charge on any atom is 0.228 e. The van der Waals surface area contributed by atoms with Crippen LogP contribution in [0.4, 0.5) is 10.8 Å². The van der Waals surface area contributed by atoms with E-state index in [4.69, 9.17) is 0 Å². The molecule has 0 saturated carbocycles. The number of aromatic nitrogens is 1. The molecule has 0 radical (unpaired) electrons. The molecule has 0 spiro atoms. The van der Waals surface area contributed by atoms with Crippen molar-refractivity contribution in [3.8, 4) is 0 Å². The number of carbonyl (C=O) groups excluding carboxylic acids is 1. The molecule has 1 aromatic heterocycles. The Hall–Kier alpha value is -1.93. The summed E-state index contributed by atoms with van der Waals surface area (Å²) in [6, 6.07) is 6.53. The summed E-state index contributed by atoms with van der Waals surface area (Å²) in [5, 5.41) is 5.72. The van der Waals surface area contributed by atoms with Crippen molar-refractivity contribution >= 4 is 37.9 Å². The van der Waals surface area contributed by atoms with Gasteiger partial charge in [0.15, 0.2) is 15.0 Å².